The van der Waals surface area contributed by atoms with Crippen LogP contribution < -0.4 is 10.6 Å². The van der Waals surface area contributed by atoms with Gasteiger partial charge in [-0.3, -0.25) is 4.79 Å². The molecule has 4 nitrogen and oxygen atoms in total. The number of nitrogens with one attached hydrogen (secondary N) is 2. The van der Waals surface area contributed by atoms with Crippen LogP contribution in [0.1, 0.15) is 17.4 Å². The van der Waals surface area contributed by atoms with Crippen LogP contribution in [0.25, 0.3) is 0 Å². The second-order valence-electron chi connectivity index (χ2n) is 4.14. The minimum atomic E-state index is -0.417. The maximum atomic E-state index is 12.3. The van der Waals surface area contributed by atoms with Crippen molar-refractivity contribution in [3.05, 3.63) is 50.5 Å². The molecule has 0 saturated carbocycles. The fourth-order valence-corrected chi connectivity index (χ4v) is 2.37. The van der Waals surface area contributed by atoms with Crippen molar-refractivity contribution in [3.63, 3.8) is 0 Å². The zero-order chi connectivity index (χ0) is 15.4. The Balaban J connectivity index is 2.27. The van der Waals surface area contributed by atoms with E-state index in [1.165, 1.54) is 0 Å². The Bertz CT molecular complexity index is 679. The molecule has 0 bridgehead atoms. The van der Waals surface area contributed by atoms with Gasteiger partial charge >= 0.3 is 0 Å². The number of pyridine rings is 1. The third-order valence-corrected chi connectivity index (χ3v) is 3.72. The van der Waals surface area contributed by atoms with Crippen LogP contribution in [0.3, 0.4) is 0 Å². The number of nitrogens with zero attached hydrogens (tertiary/aromatic N) is 1. The zero-order valence-electron chi connectivity index (χ0n) is 11.1. The van der Waals surface area contributed by atoms with Crippen LogP contribution in [-0.2, 0) is 0 Å². The van der Waals surface area contributed by atoms with Gasteiger partial charge in [0.2, 0.25) is 0 Å². The van der Waals surface area contributed by atoms with Crippen LogP contribution in [0.2, 0.25) is 10.0 Å². The van der Waals surface area contributed by atoms with Crippen molar-refractivity contribution in [2.75, 3.05) is 17.2 Å². The lowest BCUT2D eigenvalue weighted by atomic mass is 10.3. The van der Waals surface area contributed by atoms with Gasteiger partial charge in [-0.05, 0) is 37.3 Å². The molecule has 2 rings (SSSR count). The van der Waals surface area contributed by atoms with Crippen LogP contribution in [-0.4, -0.2) is 17.4 Å². The lowest BCUT2D eigenvalue weighted by Crippen LogP contribution is -2.15. The standard InChI is InChI=1S/C14H12BrCl2N3O/c1-2-18-12-6-5-10(17)13(20-12)14(21)19-11-7-8(15)3-4-9(11)16/h3-7H,2H2,1H3,(H,18,20)(H,19,21). The number of amides is 1. The average molecular weight is 389 g/mol. The highest BCUT2D eigenvalue weighted by Gasteiger charge is 2.15. The van der Waals surface area contributed by atoms with Gasteiger partial charge in [-0.2, -0.15) is 0 Å². The number of benzene rings is 1. The van der Waals surface area contributed by atoms with E-state index < -0.39 is 5.91 Å². The molecule has 0 saturated heterocycles. The number of halogens is 3. The average Bonchev–Trinajstić information content (AvgIpc) is 2.45. The molecule has 0 aliphatic rings. The summed E-state index contributed by atoms with van der Waals surface area (Å²) < 4.78 is 0.808. The molecule has 0 fully saturated rings. The Labute approximate surface area is 141 Å². The smallest absolute Gasteiger partial charge is 0.275 e. The summed E-state index contributed by atoms with van der Waals surface area (Å²) in [7, 11) is 0. The first-order valence-corrected chi connectivity index (χ1v) is 7.73. The molecule has 1 aromatic heterocycles. The topological polar surface area (TPSA) is 54.0 Å². The van der Waals surface area contributed by atoms with Crippen molar-refractivity contribution < 1.29 is 4.79 Å². The van der Waals surface area contributed by atoms with Gasteiger partial charge in [-0.25, -0.2) is 4.98 Å². The van der Waals surface area contributed by atoms with Crippen LogP contribution >= 0.6 is 39.1 Å². The summed E-state index contributed by atoms with van der Waals surface area (Å²) >= 11 is 15.4. The number of hydrogen-bond donors (Lipinski definition) is 2. The normalized spacial score (nSPS) is 10.3. The molecule has 0 spiro atoms. The molecular weight excluding hydrogens is 377 g/mol. The van der Waals surface area contributed by atoms with Crippen molar-refractivity contribution in [1.82, 2.24) is 4.98 Å². The van der Waals surface area contributed by atoms with E-state index in [9.17, 15) is 4.79 Å². The number of rotatable bonds is 4. The summed E-state index contributed by atoms with van der Waals surface area (Å²) in [5.74, 6) is 0.173. The lowest BCUT2D eigenvalue weighted by Gasteiger charge is -2.10. The van der Waals surface area contributed by atoms with E-state index in [1.807, 2.05) is 6.92 Å². The van der Waals surface area contributed by atoms with Gasteiger partial charge in [-0.15, -0.1) is 0 Å². The van der Waals surface area contributed by atoms with E-state index in [4.69, 9.17) is 23.2 Å². The second kappa shape index (κ2) is 7.11. The Morgan fingerprint density at radius 2 is 1.95 bits per heavy atom. The lowest BCUT2D eigenvalue weighted by molar-refractivity contribution is 0.102. The molecule has 21 heavy (non-hydrogen) atoms. The summed E-state index contributed by atoms with van der Waals surface area (Å²) in [6.07, 6.45) is 0. The molecule has 110 valence electrons. The molecular formula is C14H12BrCl2N3O. The van der Waals surface area contributed by atoms with E-state index in [1.54, 1.807) is 30.3 Å². The first-order valence-electron chi connectivity index (χ1n) is 6.18. The van der Waals surface area contributed by atoms with E-state index in [-0.39, 0.29) is 10.7 Å². The first-order chi connectivity index (χ1) is 10.0. The van der Waals surface area contributed by atoms with Crippen molar-refractivity contribution in [1.29, 1.82) is 0 Å². The van der Waals surface area contributed by atoms with Gasteiger partial charge in [-0.1, -0.05) is 39.1 Å². The van der Waals surface area contributed by atoms with Gasteiger partial charge in [0.05, 0.1) is 15.7 Å². The van der Waals surface area contributed by atoms with E-state index in [2.05, 4.69) is 31.5 Å². The molecule has 1 heterocycles. The fourth-order valence-electron chi connectivity index (χ4n) is 1.66. The predicted octanol–water partition coefficient (Wildman–Crippen LogP) is 4.84. The van der Waals surface area contributed by atoms with Gasteiger partial charge in [0.15, 0.2) is 0 Å². The molecule has 2 aromatic rings. The van der Waals surface area contributed by atoms with Crippen molar-refractivity contribution in [3.8, 4) is 0 Å². The maximum absolute atomic E-state index is 12.3. The van der Waals surface area contributed by atoms with Crippen LogP contribution in [0, 0.1) is 0 Å². The van der Waals surface area contributed by atoms with Crippen molar-refractivity contribution in [2.45, 2.75) is 6.92 Å². The highest BCUT2D eigenvalue weighted by Crippen LogP contribution is 2.27. The fraction of sp³-hybridized carbons (Fsp3) is 0.143. The van der Waals surface area contributed by atoms with Crippen molar-refractivity contribution >= 4 is 56.5 Å². The Hall–Kier alpha value is -1.30. The Kier molecular flexibility index (Phi) is 5.45. The van der Waals surface area contributed by atoms with Gasteiger partial charge in [0.25, 0.3) is 5.91 Å². The summed E-state index contributed by atoms with van der Waals surface area (Å²) in [5.41, 5.74) is 0.633. The molecule has 0 radical (unpaired) electrons. The number of carbonyl (C=O) groups is 1. The Morgan fingerprint density at radius 3 is 2.67 bits per heavy atom. The zero-order valence-corrected chi connectivity index (χ0v) is 14.2. The number of hydrogen-bond acceptors (Lipinski definition) is 3. The summed E-state index contributed by atoms with van der Waals surface area (Å²) in [5, 5.41) is 6.45. The van der Waals surface area contributed by atoms with E-state index in [0.29, 0.717) is 23.1 Å². The molecule has 2 N–H and O–H groups in total. The number of aromatic nitrogens is 1. The summed E-state index contributed by atoms with van der Waals surface area (Å²) in [6, 6.07) is 8.53. The third kappa shape index (κ3) is 4.09. The largest absolute Gasteiger partial charge is 0.370 e. The molecule has 1 aromatic carbocycles. The van der Waals surface area contributed by atoms with E-state index >= 15 is 0 Å². The summed E-state index contributed by atoms with van der Waals surface area (Å²) in [6.45, 7) is 2.64. The minimum absolute atomic E-state index is 0.145. The SMILES string of the molecule is CCNc1ccc(Cl)c(C(=O)Nc2cc(Br)ccc2Cl)n1. The predicted molar refractivity (Wildman–Crippen MR) is 90.5 cm³/mol. The third-order valence-electron chi connectivity index (χ3n) is 2.60. The molecule has 7 heteroatoms. The van der Waals surface area contributed by atoms with Gasteiger partial charge < -0.3 is 10.6 Å². The highest BCUT2D eigenvalue weighted by atomic mass is 79.9. The maximum Gasteiger partial charge on any atom is 0.275 e. The quantitative estimate of drug-likeness (QED) is 0.788. The first kappa shape index (κ1) is 16.1. The van der Waals surface area contributed by atoms with Gasteiger partial charge in [0, 0.05) is 11.0 Å². The molecule has 1 amide bonds. The Morgan fingerprint density at radius 1 is 1.24 bits per heavy atom. The molecule has 0 atom stereocenters. The van der Waals surface area contributed by atoms with Crippen LogP contribution in [0.15, 0.2) is 34.8 Å². The molecule has 0 aliphatic carbocycles. The van der Waals surface area contributed by atoms with Crippen LogP contribution in [0.4, 0.5) is 11.5 Å². The number of carbonyl (C=O) groups excluding carboxylic acids is 1. The van der Waals surface area contributed by atoms with Gasteiger partial charge in [0.1, 0.15) is 11.5 Å². The van der Waals surface area contributed by atoms with E-state index in [0.717, 1.165) is 4.47 Å². The molecule has 0 unspecified atom stereocenters. The summed E-state index contributed by atoms with van der Waals surface area (Å²) in [4.78, 5) is 16.5. The van der Waals surface area contributed by atoms with Crippen LogP contribution in [0.5, 0.6) is 0 Å². The second-order valence-corrected chi connectivity index (χ2v) is 5.87. The highest BCUT2D eigenvalue weighted by molar-refractivity contribution is 9.10. The molecule has 0 aliphatic heterocycles. The van der Waals surface area contributed by atoms with Crippen molar-refractivity contribution in [2.24, 2.45) is 0 Å². The monoisotopic (exact) mass is 387 g/mol. The minimum Gasteiger partial charge on any atom is -0.370 e. The number of anilines is 2.